The van der Waals surface area contributed by atoms with Crippen molar-refractivity contribution in [1.29, 1.82) is 0 Å². The second-order valence-corrected chi connectivity index (χ2v) is 6.97. The number of hydrogen-bond acceptors (Lipinski definition) is 4. The highest BCUT2D eigenvalue weighted by Gasteiger charge is 2.25. The van der Waals surface area contributed by atoms with Crippen LogP contribution in [0.4, 0.5) is 4.39 Å². The van der Waals surface area contributed by atoms with E-state index in [1.165, 1.54) is 23.9 Å². The van der Waals surface area contributed by atoms with Crippen LogP contribution >= 0.6 is 11.8 Å². The van der Waals surface area contributed by atoms with Crippen molar-refractivity contribution >= 4 is 17.7 Å². The van der Waals surface area contributed by atoms with Gasteiger partial charge in [-0.05, 0) is 44.0 Å². The molecular weight excluding hydrogens is 315 g/mol. The van der Waals surface area contributed by atoms with Crippen molar-refractivity contribution in [1.82, 2.24) is 19.7 Å². The Bertz CT molecular complexity index is 695. The van der Waals surface area contributed by atoms with Crippen molar-refractivity contribution in [3.8, 4) is 11.4 Å². The number of aromatic nitrogens is 3. The normalized spacial score (nSPS) is 15.9. The summed E-state index contributed by atoms with van der Waals surface area (Å²) in [5.74, 6) is 0.530. The molecule has 3 rings (SSSR count). The molecule has 0 saturated carbocycles. The number of carbonyl (C=O) groups excluding carboxylic acids is 1. The Kier molecular flexibility index (Phi) is 4.66. The first-order chi connectivity index (χ1) is 11.1. The van der Waals surface area contributed by atoms with Crippen molar-refractivity contribution in [3.63, 3.8) is 0 Å². The van der Waals surface area contributed by atoms with E-state index in [0.717, 1.165) is 31.5 Å². The van der Waals surface area contributed by atoms with E-state index in [9.17, 15) is 9.18 Å². The van der Waals surface area contributed by atoms with E-state index >= 15 is 0 Å². The van der Waals surface area contributed by atoms with Crippen molar-refractivity contribution in [3.05, 3.63) is 30.1 Å². The summed E-state index contributed by atoms with van der Waals surface area (Å²) in [5, 5.41) is 8.83. The van der Waals surface area contributed by atoms with Gasteiger partial charge >= 0.3 is 0 Å². The number of rotatable bonds is 4. The largest absolute Gasteiger partial charge is 0.342 e. The van der Waals surface area contributed by atoms with E-state index in [-0.39, 0.29) is 17.0 Å². The van der Waals surface area contributed by atoms with Gasteiger partial charge in [0.1, 0.15) is 5.82 Å². The molecule has 7 heteroatoms. The van der Waals surface area contributed by atoms with Gasteiger partial charge in [-0.2, -0.15) is 0 Å². The summed E-state index contributed by atoms with van der Waals surface area (Å²) in [5.41, 5.74) is 0.798. The van der Waals surface area contributed by atoms with Gasteiger partial charge in [-0.1, -0.05) is 11.8 Å². The van der Waals surface area contributed by atoms with E-state index < -0.39 is 0 Å². The van der Waals surface area contributed by atoms with E-state index in [1.807, 2.05) is 23.4 Å². The van der Waals surface area contributed by atoms with Crippen LogP contribution in [0.25, 0.3) is 11.4 Å². The number of halogens is 1. The van der Waals surface area contributed by atoms with Crippen LogP contribution in [0.2, 0.25) is 0 Å². The van der Waals surface area contributed by atoms with Crippen LogP contribution in [0.1, 0.15) is 19.8 Å². The van der Waals surface area contributed by atoms with Crippen LogP contribution in [0.5, 0.6) is 0 Å². The predicted molar refractivity (Wildman–Crippen MR) is 87.5 cm³/mol. The van der Waals surface area contributed by atoms with Crippen LogP contribution in [-0.4, -0.2) is 43.9 Å². The fourth-order valence-corrected chi connectivity index (χ4v) is 3.57. The second-order valence-electron chi connectivity index (χ2n) is 5.66. The van der Waals surface area contributed by atoms with Gasteiger partial charge in [-0.3, -0.25) is 4.79 Å². The summed E-state index contributed by atoms with van der Waals surface area (Å²) in [7, 11) is 1.86. The molecule has 0 unspecified atom stereocenters. The Morgan fingerprint density at radius 1 is 1.22 bits per heavy atom. The molecule has 1 fully saturated rings. The van der Waals surface area contributed by atoms with Gasteiger partial charge in [0.2, 0.25) is 5.91 Å². The summed E-state index contributed by atoms with van der Waals surface area (Å²) in [6.45, 7) is 3.60. The predicted octanol–water partition coefficient (Wildman–Crippen LogP) is 2.72. The molecule has 5 nitrogen and oxygen atoms in total. The molecule has 23 heavy (non-hydrogen) atoms. The fraction of sp³-hybridized carbons (Fsp3) is 0.438. The second kappa shape index (κ2) is 6.70. The highest BCUT2D eigenvalue weighted by Crippen LogP contribution is 2.27. The Hall–Kier alpha value is -1.89. The fourth-order valence-electron chi connectivity index (χ4n) is 2.67. The van der Waals surface area contributed by atoms with Gasteiger partial charge in [0.25, 0.3) is 0 Å². The minimum absolute atomic E-state index is 0.152. The molecule has 1 aromatic carbocycles. The average Bonchev–Trinajstić information content (AvgIpc) is 3.19. The molecule has 2 aromatic rings. The maximum Gasteiger partial charge on any atom is 0.235 e. The number of benzene rings is 1. The maximum atomic E-state index is 13.0. The van der Waals surface area contributed by atoms with Gasteiger partial charge in [-0.25, -0.2) is 4.39 Å². The molecule has 1 aliphatic heterocycles. The van der Waals surface area contributed by atoms with E-state index in [4.69, 9.17) is 0 Å². The Morgan fingerprint density at radius 2 is 1.87 bits per heavy atom. The summed E-state index contributed by atoms with van der Waals surface area (Å²) >= 11 is 1.41. The number of nitrogens with zero attached hydrogens (tertiary/aromatic N) is 4. The lowest BCUT2D eigenvalue weighted by Crippen LogP contribution is -2.34. The maximum absolute atomic E-state index is 13.0. The number of likely N-dealkylation sites (tertiary alicyclic amines) is 1. The molecule has 1 amide bonds. The summed E-state index contributed by atoms with van der Waals surface area (Å²) in [6.07, 6.45) is 2.17. The molecule has 0 spiro atoms. The quantitative estimate of drug-likeness (QED) is 0.807. The third-order valence-electron chi connectivity index (χ3n) is 3.99. The third-order valence-corrected chi connectivity index (χ3v) is 5.11. The molecule has 122 valence electrons. The number of hydrogen-bond donors (Lipinski definition) is 0. The lowest BCUT2D eigenvalue weighted by atomic mass is 10.2. The van der Waals surface area contributed by atoms with Crippen molar-refractivity contribution in [2.45, 2.75) is 30.2 Å². The number of amides is 1. The number of carbonyl (C=O) groups is 1. The molecule has 1 atom stereocenters. The first-order valence-corrected chi connectivity index (χ1v) is 8.55. The van der Waals surface area contributed by atoms with Crippen LogP contribution in [0.3, 0.4) is 0 Å². The SMILES string of the molecule is C[C@@H](Sc1nnc(-c2ccc(F)cc2)n1C)C(=O)N1CCCC1. The highest BCUT2D eigenvalue weighted by molar-refractivity contribution is 8.00. The van der Waals surface area contributed by atoms with Crippen LogP contribution in [0, 0.1) is 5.82 Å². The first-order valence-electron chi connectivity index (χ1n) is 7.67. The lowest BCUT2D eigenvalue weighted by Gasteiger charge is -2.19. The zero-order valence-corrected chi connectivity index (χ0v) is 14.0. The smallest absolute Gasteiger partial charge is 0.235 e. The highest BCUT2D eigenvalue weighted by atomic mass is 32.2. The van der Waals surface area contributed by atoms with Gasteiger partial charge in [0.15, 0.2) is 11.0 Å². The van der Waals surface area contributed by atoms with E-state index in [0.29, 0.717) is 11.0 Å². The van der Waals surface area contributed by atoms with E-state index in [2.05, 4.69) is 10.2 Å². The minimum Gasteiger partial charge on any atom is -0.342 e. The third kappa shape index (κ3) is 3.39. The van der Waals surface area contributed by atoms with Crippen molar-refractivity contribution in [2.75, 3.05) is 13.1 Å². The monoisotopic (exact) mass is 334 g/mol. The van der Waals surface area contributed by atoms with E-state index in [1.54, 1.807) is 12.1 Å². The topological polar surface area (TPSA) is 51.0 Å². The molecule has 1 aliphatic rings. The van der Waals surface area contributed by atoms with Crippen molar-refractivity contribution < 1.29 is 9.18 Å². The van der Waals surface area contributed by atoms with Crippen LogP contribution in [-0.2, 0) is 11.8 Å². The zero-order valence-electron chi connectivity index (χ0n) is 13.2. The van der Waals surface area contributed by atoms with Crippen LogP contribution in [0.15, 0.2) is 29.4 Å². The zero-order chi connectivity index (χ0) is 16.4. The van der Waals surface area contributed by atoms with Gasteiger partial charge < -0.3 is 9.47 Å². The Labute approximate surface area is 138 Å². The van der Waals surface area contributed by atoms with Gasteiger partial charge in [0.05, 0.1) is 5.25 Å². The average molecular weight is 334 g/mol. The van der Waals surface area contributed by atoms with Crippen molar-refractivity contribution in [2.24, 2.45) is 7.05 Å². The standard InChI is InChI=1S/C16H19FN4OS/c1-11(15(22)21-9-3-4-10-21)23-16-19-18-14(20(16)2)12-5-7-13(17)8-6-12/h5-8,11H,3-4,9-10H2,1-2H3/t11-/m1/s1. The summed E-state index contributed by atoms with van der Waals surface area (Å²) < 4.78 is 14.9. The van der Waals surface area contributed by atoms with Gasteiger partial charge in [-0.15, -0.1) is 10.2 Å². The first kappa shape index (κ1) is 16.0. The molecular formula is C16H19FN4OS. The molecule has 1 saturated heterocycles. The Balaban J connectivity index is 1.74. The van der Waals surface area contributed by atoms with Gasteiger partial charge in [0, 0.05) is 25.7 Å². The molecule has 0 bridgehead atoms. The summed E-state index contributed by atoms with van der Waals surface area (Å²) in [6, 6.07) is 6.14. The molecule has 0 aliphatic carbocycles. The molecule has 2 heterocycles. The molecule has 0 radical (unpaired) electrons. The minimum atomic E-state index is -0.282. The molecule has 0 N–H and O–H groups in total. The summed E-state index contributed by atoms with van der Waals surface area (Å²) in [4.78, 5) is 14.3. The number of thioether (sulfide) groups is 1. The molecule has 1 aromatic heterocycles. The lowest BCUT2D eigenvalue weighted by molar-refractivity contribution is -0.129. The Morgan fingerprint density at radius 3 is 2.52 bits per heavy atom. The van der Waals surface area contributed by atoms with Crippen LogP contribution < -0.4 is 0 Å².